The lowest BCUT2D eigenvalue weighted by molar-refractivity contribution is -0.119. The molecule has 6 heteroatoms. The van der Waals surface area contributed by atoms with Crippen molar-refractivity contribution in [2.75, 3.05) is 5.75 Å². The number of carbonyl (C=O) groups excluding carboxylic acids is 1. The maximum atomic E-state index is 13.1. The monoisotopic (exact) mass is 385 g/mol. The highest BCUT2D eigenvalue weighted by molar-refractivity contribution is 9.10. The van der Waals surface area contributed by atoms with Crippen LogP contribution in [0.5, 0.6) is 0 Å². The Hall–Kier alpha value is -1.40. The molecule has 0 saturated carbocycles. The molecule has 0 saturated heterocycles. The largest absolute Gasteiger partial charge is 0.349 e. The Morgan fingerprint density at radius 1 is 1.23 bits per heavy atom. The van der Waals surface area contributed by atoms with Crippen molar-refractivity contribution in [1.29, 1.82) is 0 Å². The second kappa shape index (κ2) is 7.74. The van der Waals surface area contributed by atoms with Crippen molar-refractivity contribution >= 4 is 33.6 Å². The lowest BCUT2D eigenvalue weighted by atomic mass is 10.1. The van der Waals surface area contributed by atoms with Gasteiger partial charge >= 0.3 is 0 Å². The fourth-order valence-corrected chi connectivity index (χ4v) is 3.26. The third kappa shape index (κ3) is 4.55. The average Bonchev–Trinajstić information content (AvgIpc) is 2.49. The number of rotatable bonds is 5. The van der Waals surface area contributed by atoms with E-state index in [0.29, 0.717) is 4.90 Å². The smallest absolute Gasteiger partial charge is 0.230 e. The molecule has 0 spiro atoms. The van der Waals surface area contributed by atoms with Gasteiger partial charge in [-0.3, -0.25) is 4.79 Å². The minimum atomic E-state index is -0.910. The first-order valence-electron chi connectivity index (χ1n) is 6.59. The van der Waals surface area contributed by atoms with Crippen LogP contribution in [0.2, 0.25) is 0 Å². The predicted molar refractivity (Wildman–Crippen MR) is 87.8 cm³/mol. The van der Waals surface area contributed by atoms with Crippen molar-refractivity contribution in [2.24, 2.45) is 0 Å². The quantitative estimate of drug-likeness (QED) is 0.755. The van der Waals surface area contributed by atoms with Crippen LogP contribution in [-0.4, -0.2) is 11.7 Å². The molecule has 0 fully saturated rings. The second-order valence-corrected chi connectivity index (χ2v) is 6.58. The standard InChI is InChI=1S/C16H14BrF2NOS/c1-10(12-4-2-3-5-13(12)17)20-16(21)9-22-11-6-7-14(18)15(19)8-11/h2-8,10H,9H2,1H3,(H,20,21)/t10-/m0/s1. The molecule has 0 aliphatic carbocycles. The fourth-order valence-electron chi connectivity index (χ4n) is 1.90. The number of halogens is 3. The van der Waals surface area contributed by atoms with E-state index in [0.717, 1.165) is 33.9 Å². The van der Waals surface area contributed by atoms with Crippen LogP contribution < -0.4 is 5.32 Å². The number of thioether (sulfide) groups is 1. The van der Waals surface area contributed by atoms with Crippen LogP contribution >= 0.6 is 27.7 Å². The van der Waals surface area contributed by atoms with Gasteiger partial charge in [-0.1, -0.05) is 34.1 Å². The topological polar surface area (TPSA) is 29.1 Å². The third-order valence-electron chi connectivity index (χ3n) is 3.01. The maximum absolute atomic E-state index is 13.1. The Bertz CT molecular complexity index is 681. The highest BCUT2D eigenvalue weighted by Crippen LogP contribution is 2.24. The summed E-state index contributed by atoms with van der Waals surface area (Å²) in [6, 6.07) is 11.1. The molecule has 1 amide bonds. The molecule has 2 aromatic carbocycles. The van der Waals surface area contributed by atoms with Crippen LogP contribution in [0.25, 0.3) is 0 Å². The Morgan fingerprint density at radius 3 is 2.64 bits per heavy atom. The van der Waals surface area contributed by atoms with Crippen molar-refractivity contribution in [2.45, 2.75) is 17.9 Å². The number of benzene rings is 2. The molecule has 1 atom stereocenters. The lowest BCUT2D eigenvalue weighted by Gasteiger charge is -2.15. The van der Waals surface area contributed by atoms with Crippen LogP contribution in [0.1, 0.15) is 18.5 Å². The van der Waals surface area contributed by atoms with E-state index in [2.05, 4.69) is 21.2 Å². The molecule has 1 N–H and O–H groups in total. The molecule has 2 nitrogen and oxygen atoms in total. The number of nitrogens with one attached hydrogen (secondary N) is 1. The minimum absolute atomic E-state index is 0.139. The van der Waals surface area contributed by atoms with Gasteiger partial charge in [-0.2, -0.15) is 0 Å². The summed E-state index contributed by atoms with van der Waals surface area (Å²) < 4.78 is 26.8. The van der Waals surface area contributed by atoms with E-state index >= 15 is 0 Å². The van der Waals surface area contributed by atoms with Gasteiger partial charge in [0.2, 0.25) is 5.91 Å². The predicted octanol–water partition coefficient (Wildman–Crippen LogP) is 4.70. The van der Waals surface area contributed by atoms with Gasteiger partial charge in [0.25, 0.3) is 0 Å². The maximum Gasteiger partial charge on any atom is 0.230 e. The zero-order valence-electron chi connectivity index (χ0n) is 11.8. The van der Waals surface area contributed by atoms with Gasteiger partial charge < -0.3 is 5.32 Å². The van der Waals surface area contributed by atoms with E-state index in [4.69, 9.17) is 0 Å². The molecular weight excluding hydrogens is 372 g/mol. The van der Waals surface area contributed by atoms with Gasteiger partial charge in [0.1, 0.15) is 0 Å². The first-order chi connectivity index (χ1) is 10.5. The summed E-state index contributed by atoms with van der Waals surface area (Å²) >= 11 is 4.61. The average molecular weight is 386 g/mol. The van der Waals surface area contributed by atoms with E-state index in [1.807, 2.05) is 31.2 Å². The fraction of sp³-hybridized carbons (Fsp3) is 0.188. The minimum Gasteiger partial charge on any atom is -0.349 e. The molecule has 0 aliphatic heterocycles. The van der Waals surface area contributed by atoms with Gasteiger partial charge in [0, 0.05) is 9.37 Å². The number of carbonyl (C=O) groups is 1. The zero-order chi connectivity index (χ0) is 16.1. The van der Waals surface area contributed by atoms with E-state index in [1.54, 1.807) is 0 Å². The van der Waals surface area contributed by atoms with Crippen molar-refractivity contribution in [1.82, 2.24) is 5.32 Å². The molecule has 116 valence electrons. The molecule has 2 aromatic rings. The van der Waals surface area contributed by atoms with Gasteiger partial charge in [-0.25, -0.2) is 8.78 Å². The first-order valence-corrected chi connectivity index (χ1v) is 8.37. The first kappa shape index (κ1) is 17.0. The molecule has 0 aromatic heterocycles. The zero-order valence-corrected chi connectivity index (χ0v) is 14.2. The highest BCUT2D eigenvalue weighted by Gasteiger charge is 2.12. The van der Waals surface area contributed by atoms with Crippen molar-refractivity contribution in [3.63, 3.8) is 0 Å². The molecule has 0 aliphatic rings. The van der Waals surface area contributed by atoms with Gasteiger partial charge in [0.15, 0.2) is 11.6 Å². The number of hydrogen-bond donors (Lipinski definition) is 1. The lowest BCUT2D eigenvalue weighted by Crippen LogP contribution is -2.28. The summed E-state index contributed by atoms with van der Waals surface area (Å²) in [6.45, 7) is 1.89. The van der Waals surface area contributed by atoms with Crippen molar-refractivity contribution in [3.8, 4) is 0 Å². The Balaban J connectivity index is 1.90. The Labute approximate surface area is 140 Å². The Morgan fingerprint density at radius 2 is 1.95 bits per heavy atom. The summed E-state index contributed by atoms with van der Waals surface area (Å²) in [5.74, 6) is -1.83. The van der Waals surface area contributed by atoms with Crippen LogP contribution in [0.3, 0.4) is 0 Å². The van der Waals surface area contributed by atoms with Crippen LogP contribution in [-0.2, 0) is 4.79 Å². The summed E-state index contributed by atoms with van der Waals surface area (Å²) in [5, 5.41) is 2.88. The van der Waals surface area contributed by atoms with E-state index < -0.39 is 11.6 Å². The second-order valence-electron chi connectivity index (χ2n) is 4.68. The van der Waals surface area contributed by atoms with Crippen LogP contribution in [0.15, 0.2) is 51.8 Å². The molecule has 0 unspecified atom stereocenters. The highest BCUT2D eigenvalue weighted by atomic mass is 79.9. The van der Waals surface area contributed by atoms with E-state index in [-0.39, 0.29) is 17.7 Å². The molecule has 0 bridgehead atoms. The van der Waals surface area contributed by atoms with Gasteiger partial charge in [0.05, 0.1) is 11.8 Å². The molecule has 22 heavy (non-hydrogen) atoms. The van der Waals surface area contributed by atoms with E-state index in [9.17, 15) is 13.6 Å². The van der Waals surface area contributed by atoms with E-state index in [1.165, 1.54) is 6.07 Å². The number of amides is 1. The Kier molecular flexibility index (Phi) is 5.97. The third-order valence-corrected chi connectivity index (χ3v) is 4.73. The van der Waals surface area contributed by atoms with Gasteiger partial charge in [-0.05, 0) is 36.8 Å². The normalized spacial score (nSPS) is 12.0. The van der Waals surface area contributed by atoms with Crippen LogP contribution in [0, 0.1) is 11.6 Å². The summed E-state index contributed by atoms with van der Waals surface area (Å²) in [5.41, 5.74) is 0.980. The molecule has 0 radical (unpaired) electrons. The molecule has 2 rings (SSSR count). The summed E-state index contributed by atoms with van der Waals surface area (Å²) in [7, 11) is 0. The van der Waals surface area contributed by atoms with Crippen molar-refractivity contribution < 1.29 is 13.6 Å². The molecular formula is C16H14BrF2NOS. The van der Waals surface area contributed by atoms with Crippen molar-refractivity contribution in [3.05, 3.63) is 64.1 Å². The SMILES string of the molecule is C[C@H](NC(=O)CSc1ccc(F)c(F)c1)c1ccccc1Br. The number of hydrogen-bond acceptors (Lipinski definition) is 2. The molecule has 0 heterocycles. The summed E-state index contributed by atoms with van der Waals surface area (Å²) in [4.78, 5) is 12.5. The summed E-state index contributed by atoms with van der Waals surface area (Å²) in [6.07, 6.45) is 0. The van der Waals surface area contributed by atoms with Gasteiger partial charge in [-0.15, -0.1) is 11.8 Å². The van der Waals surface area contributed by atoms with Crippen LogP contribution in [0.4, 0.5) is 8.78 Å².